The van der Waals surface area contributed by atoms with Crippen molar-refractivity contribution in [1.29, 1.82) is 0 Å². The number of aliphatic hydroxyl groups is 1. The molecule has 3 N–H and O–H groups in total. The molecule has 124 valence electrons. The monoisotopic (exact) mass is 321 g/mol. The molecule has 1 aromatic carbocycles. The van der Waals surface area contributed by atoms with Crippen LogP contribution in [-0.2, 0) is 14.4 Å². The molecule has 0 saturated carbocycles. The van der Waals surface area contributed by atoms with Gasteiger partial charge in [0.25, 0.3) is 5.91 Å². The predicted octanol–water partition coefficient (Wildman–Crippen LogP) is -0.280. The predicted molar refractivity (Wildman–Crippen MR) is 81.5 cm³/mol. The largest absolute Gasteiger partial charge is 0.497 e. The fourth-order valence-electron chi connectivity index (χ4n) is 2.22. The fraction of sp³-hybridized carbons (Fsp3) is 0.400. The van der Waals surface area contributed by atoms with E-state index in [9.17, 15) is 14.4 Å². The molecule has 1 aliphatic heterocycles. The number of methoxy groups -OCH3 is 1. The third-order valence-corrected chi connectivity index (χ3v) is 3.43. The highest BCUT2D eigenvalue weighted by Gasteiger charge is 2.39. The molecule has 0 spiro atoms. The molecule has 0 aromatic heterocycles. The Labute approximate surface area is 133 Å². The molecule has 1 aromatic rings. The number of hydrazine groups is 1. The lowest BCUT2D eigenvalue weighted by atomic mass is 10.2. The maximum Gasteiger partial charge on any atom is 0.253 e. The number of carbonyl (C=O) groups excluding carboxylic acids is 3. The standard InChI is InChI=1S/C15H19N3O5/c1-23-11-6-4-10(5-7-11)18-14(21)9-12(15(18)22)16-17-13(20)3-2-8-19/h4-7,12,16,19H,2-3,8-9H2,1H3,(H,17,20)/t12-/m1/s1. The fourth-order valence-corrected chi connectivity index (χ4v) is 2.22. The number of anilines is 1. The Morgan fingerprint density at radius 1 is 1.35 bits per heavy atom. The molecule has 0 bridgehead atoms. The molecule has 1 fully saturated rings. The van der Waals surface area contributed by atoms with Crippen molar-refractivity contribution >= 4 is 23.4 Å². The molecule has 8 nitrogen and oxygen atoms in total. The number of aliphatic hydroxyl groups excluding tert-OH is 1. The van der Waals surface area contributed by atoms with Gasteiger partial charge in [-0.2, -0.15) is 0 Å². The first-order valence-corrected chi connectivity index (χ1v) is 7.23. The van der Waals surface area contributed by atoms with Gasteiger partial charge in [0.15, 0.2) is 0 Å². The summed E-state index contributed by atoms with van der Waals surface area (Å²) in [5.74, 6) is -0.495. The molecule has 3 amide bonds. The lowest BCUT2D eigenvalue weighted by Crippen LogP contribution is -2.48. The van der Waals surface area contributed by atoms with E-state index in [4.69, 9.17) is 9.84 Å². The van der Waals surface area contributed by atoms with Crippen LogP contribution in [-0.4, -0.2) is 42.6 Å². The minimum absolute atomic E-state index is 0.0366. The zero-order valence-electron chi connectivity index (χ0n) is 12.7. The number of rotatable bonds is 7. The van der Waals surface area contributed by atoms with Gasteiger partial charge in [-0.25, -0.2) is 10.3 Å². The minimum atomic E-state index is -0.803. The number of imide groups is 1. The molecule has 0 unspecified atom stereocenters. The summed E-state index contributed by atoms with van der Waals surface area (Å²) in [5, 5.41) is 8.66. The lowest BCUT2D eigenvalue weighted by Gasteiger charge is -2.16. The molecule has 1 heterocycles. The zero-order chi connectivity index (χ0) is 16.8. The van der Waals surface area contributed by atoms with E-state index < -0.39 is 11.9 Å². The van der Waals surface area contributed by atoms with Crippen LogP contribution in [0, 0.1) is 0 Å². The van der Waals surface area contributed by atoms with E-state index in [-0.39, 0.29) is 31.3 Å². The van der Waals surface area contributed by atoms with Gasteiger partial charge < -0.3 is 9.84 Å². The van der Waals surface area contributed by atoms with E-state index in [1.54, 1.807) is 24.3 Å². The van der Waals surface area contributed by atoms with E-state index in [2.05, 4.69) is 10.9 Å². The van der Waals surface area contributed by atoms with Gasteiger partial charge in [0, 0.05) is 13.0 Å². The van der Waals surface area contributed by atoms with E-state index >= 15 is 0 Å². The Kier molecular flexibility index (Phi) is 5.67. The number of hydrogen-bond acceptors (Lipinski definition) is 6. The van der Waals surface area contributed by atoms with Gasteiger partial charge in [-0.05, 0) is 30.7 Å². The topological polar surface area (TPSA) is 108 Å². The van der Waals surface area contributed by atoms with Gasteiger partial charge >= 0.3 is 0 Å². The highest BCUT2D eigenvalue weighted by Crippen LogP contribution is 2.24. The Morgan fingerprint density at radius 3 is 2.65 bits per heavy atom. The molecule has 0 aliphatic carbocycles. The van der Waals surface area contributed by atoms with Crippen molar-refractivity contribution in [2.75, 3.05) is 18.6 Å². The van der Waals surface area contributed by atoms with Crippen LogP contribution in [0.2, 0.25) is 0 Å². The van der Waals surface area contributed by atoms with Crippen LogP contribution >= 0.6 is 0 Å². The Bertz CT molecular complexity index is 587. The second-order valence-electron chi connectivity index (χ2n) is 5.04. The first-order valence-electron chi connectivity index (χ1n) is 7.23. The van der Waals surface area contributed by atoms with Crippen molar-refractivity contribution in [2.45, 2.75) is 25.3 Å². The Balaban J connectivity index is 1.97. The Morgan fingerprint density at radius 2 is 2.04 bits per heavy atom. The molecule has 23 heavy (non-hydrogen) atoms. The van der Waals surface area contributed by atoms with Gasteiger partial charge in [-0.1, -0.05) is 0 Å². The summed E-state index contributed by atoms with van der Waals surface area (Å²) in [5.41, 5.74) is 5.41. The van der Waals surface area contributed by atoms with Gasteiger partial charge in [-0.3, -0.25) is 19.8 Å². The first-order chi connectivity index (χ1) is 11.1. The summed E-state index contributed by atoms with van der Waals surface area (Å²) >= 11 is 0. The van der Waals surface area contributed by atoms with Crippen molar-refractivity contribution < 1.29 is 24.2 Å². The highest BCUT2D eigenvalue weighted by atomic mass is 16.5. The SMILES string of the molecule is COc1ccc(N2C(=O)C[C@@H](NNC(=O)CCCO)C2=O)cc1. The summed E-state index contributed by atoms with van der Waals surface area (Å²) in [6, 6.07) is 5.76. The molecule has 2 rings (SSSR count). The normalized spacial score (nSPS) is 17.5. The van der Waals surface area contributed by atoms with Gasteiger partial charge in [0.1, 0.15) is 11.8 Å². The number of nitrogens with one attached hydrogen (secondary N) is 2. The Hall–Kier alpha value is -2.45. The van der Waals surface area contributed by atoms with Crippen LogP contribution in [0.4, 0.5) is 5.69 Å². The average Bonchev–Trinajstić information content (AvgIpc) is 2.85. The van der Waals surface area contributed by atoms with Crippen LogP contribution in [0.3, 0.4) is 0 Å². The van der Waals surface area contributed by atoms with Crippen LogP contribution in [0.15, 0.2) is 24.3 Å². The van der Waals surface area contributed by atoms with Crippen molar-refractivity contribution in [2.24, 2.45) is 0 Å². The number of benzene rings is 1. The van der Waals surface area contributed by atoms with Crippen LogP contribution < -0.4 is 20.5 Å². The molecular formula is C15H19N3O5. The second-order valence-corrected chi connectivity index (χ2v) is 5.04. The number of amides is 3. The van der Waals surface area contributed by atoms with Crippen molar-refractivity contribution in [3.63, 3.8) is 0 Å². The van der Waals surface area contributed by atoms with Crippen LogP contribution in [0.25, 0.3) is 0 Å². The summed E-state index contributed by atoms with van der Waals surface area (Å²) < 4.78 is 5.04. The second kappa shape index (κ2) is 7.70. The summed E-state index contributed by atoms with van der Waals surface area (Å²) in [4.78, 5) is 36.9. The number of ether oxygens (including phenoxy) is 1. The van der Waals surface area contributed by atoms with Crippen molar-refractivity contribution in [3.05, 3.63) is 24.3 Å². The quantitative estimate of drug-likeness (QED) is 0.471. The molecule has 1 atom stereocenters. The van der Waals surface area contributed by atoms with Gasteiger partial charge in [0.2, 0.25) is 11.8 Å². The third kappa shape index (κ3) is 4.05. The summed E-state index contributed by atoms with van der Waals surface area (Å²) in [6.07, 6.45) is 0.439. The minimum Gasteiger partial charge on any atom is -0.497 e. The van der Waals surface area contributed by atoms with E-state index in [0.717, 1.165) is 4.90 Å². The van der Waals surface area contributed by atoms with Gasteiger partial charge in [-0.15, -0.1) is 0 Å². The van der Waals surface area contributed by atoms with Crippen molar-refractivity contribution in [1.82, 2.24) is 10.9 Å². The van der Waals surface area contributed by atoms with Gasteiger partial charge in [0.05, 0.1) is 19.2 Å². The first kappa shape index (κ1) is 16.9. The highest BCUT2D eigenvalue weighted by molar-refractivity contribution is 6.22. The molecule has 1 saturated heterocycles. The van der Waals surface area contributed by atoms with Crippen molar-refractivity contribution in [3.8, 4) is 5.75 Å². The van der Waals surface area contributed by atoms with E-state index in [1.165, 1.54) is 7.11 Å². The third-order valence-electron chi connectivity index (χ3n) is 3.43. The maximum absolute atomic E-state index is 12.3. The van der Waals surface area contributed by atoms with Crippen LogP contribution in [0.1, 0.15) is 19.3 Å². The molecule has 8 heteroatoms. The summed E-state index contributed by atoms with van der Waals surface area (Å²) in [7, 11) is 1.53. The number of carbonyl (C=O) groups is 3. The maximum atomic E-state index is 12.3. The van der Waals surface area contributed by atoms with E-state index in [1.807, 2.05) is 0 Å². The van der Waals surface area contributed by atoms with Crippen LogP contribution in [0.5, 0.6) is 5.75 Å². The molecule has 0 radical (unpaired) electrons. The number of nitrogens with zero attached hydrogens (tertiary/aromatic N) is 1. The molecule has 1 aliphatic rings. The lowest BCUT2D eigenvalue weighted by molar-refractivity contribution is -0.123. The molecular weight excluding hydrogens is 302 g/mol. The number of hydrogen-bond donors (Lipinski definition) is 3. The summed E-state index contributed by atoms with van der Waals surface area (Å²) in [6.45, 7) is -0.0838. The average molecular weight is 321 g/mol. The smallest absolute Gasteiger partial charge is 0.253 e. The van der Waals surface area contributed by atoms with E-state index in [0.29, 0.717) is 17.9 Å². The zero-order valence-corrected chi connectivity index (χ0v) is 12.7.